The van der Waals surface area contributed by atoms with Gasteiger partial charge in [-0.2, -0.15) is 0 Å². The maximum atomic E-state index is 10.4. The minimum atomic E-state index is -1.02. The Morgan fingerprint density at radius 1 is 1.43 bits per heavy atom. The highest BCUT2D eigenvalue weighted by Crippen LogP contribution is 2.25. The maximum Gasteiger partial charge on any atom is 0.193 e. The zero-order chi connectivity index (χ0) is 15.3. The van der Waals surface area contributed by atoms with Crippen LogP contribution in [0.4, 0.5) is 5.69 Å². The topological polar surface area (TPSA) is 79.9 Å². The van der Waals surface area contributed by atoms with E-state index in [1.807, 2.05) is 41.8 Å². The molecule has 6 heteroatoms. The molecule has 1 heterocycles. The van der Waals surface area contributed by atoms with Gasteiger partial charge in [-0.15, -0.1) is 11.3 Å². The van der Waals surface area contributed by atoms with Crippen molar-refractivity contribution >= 4 is 23.0 Å². The molecule has 0 radical (unpaired) electrons. The fourth-order valence-electron chi connectivity index (χ4n) is 1.79. The Morgan fingerprint density at radius 2 is 2.24 bits per heavy atom. The number of nitrogens with one attached hydrogen (secondary N) is 1. The summed E-state index contributed by atoms with van der Waals surface area (Å²) in [5, 5.41) is 15.3. The Morgan fingerprint density at radius 3 is 2.90 bits per heavy atom. The molecule has 2 rings (SSSR count). The largest absolute Gasteiger partial charge is 0.497 e. The van der Waals surface area contributed by atoms with E-state index in [-0.39, 0.29) is 12.5 Å². The number of thiophene rings is 1. The summed E-state index contributed by atoms with van der Waals surface area (Å²) in [5.41, 5.74) is 5.61. The van der Waals surface area contributed by atoms with Crippen molar-refractivity contribution in [3.8, 4) is 5.75 Å². The molecule has 0 fully saturated rings. The molecule has 0 saturated carbocycles. The molecule has 2 aromatic rings. The third-order valence-corrected chi connectivity index (χ3v) is 4.07. The average molecular weight is 305 g/mol. The molecule has 0 amide bonds. The normalized spacial score (nSPS) is 14.5. The summed E-state index contributed by atoms with van der Waals surface area (Å²) >= 11 is 1.49. The second-order valence-corrected chi connectivity index (χ2v) is 5.76. The van der Waals surface area contributed by atoms with E-state index in [0.29, 0.717) is 0 Å². The summed E-state index contributed by atoms with van der Waals surface area (Å²) in [7, 11) is 1.61. The number of anilines is 1. The minimum Gasteiger partial charge on any atom is -0.497 e. The molecular weight excluding hydrogens is 286 g/mol. The number of benzene rings is 1. The van der Waals surface area contributed by atoms with Gasteiger partial charge in [-0.25, -0.2) is 4.99 Å². The lowest BCUT2D eigenvalue weighted by atomic mass is 10.1. The number of rotatable bonds is 5. The molecule has 0 aliphatic rings. The number of aliphatic hydroxyl groups is 1. The number of hydrogen-bond acceptors (Lipinski definition) is 4. The van der Waals surface area contributed by atoms with Crippen LogP contribution in [0.25, 0.3) is 0 Å². The van der Waals surface area contributed by atoms with Crippen molar-refractivity contribution in [3.63, 3.8) is 0 Å². The Kier molecular flexibility index (Phi) is 4.82. The highest BCUT2D eigenvalue weighted by molar-refractivity contribution is 7.10. The molecule has 112 valence electrons. The predicted octanol–water partition coefficient (Wildman–Crippen LogP) is 2.39. The second-order valence-electron chi connectivity index (χ2n) is 4.81. The van der Waals surface area contributed by atoms with Gasteiger partial charge in [0.2, 0.25) is 0 Å². The molecule has 0 bridgehead atoms. The first-order valence-corrected chi connectivity index (χ1v) is 7.36. The van der Waals surface area contributed by atoms with Crippen molar-refractivity contribution in [1.29, 1.82) is 0 Å². The molecule has 1 aromatic heterocycles. The summed E-state index contributed by atoms with van der Waals surface area (Å²) in [6.45, 7) is 1.91. The first kappa shape index (κ1) is 15.3. The summed E-state index contributed by atoms with van der Waals surface area (Å²) in [5.74, 6) is 0.985. The van der Waals surface area contributed by atoms with Gasteiger partial charge in [-0.05, 0) is 30.5 Å². The van der Waals surface area contributed by atoms with Crippen LogP contribution in [0, 0.1) is 0 Å². The van der Waals surface area contributed by atoms with E-state index in [0.717, 1.165) is 16.3 Å². The standard InChI is InChI=1S/C15H19N3O2S/c1-15(19,13-7-4-8-21-13)10-17-14(16)18-11-5-3-6-12(9-11)20-2/h3-9,19H,10H2,1-2H3,(H3,16,17,18). The Bertz CT molecular complexity index is 609. The van der Waals surface area contributed by atoms with Crippen LogP contribution in [0.3, 0.4) is 0 Å². The molecule has 1 unspecified atom stereocenters. The van der Waals surface area contributed by atoms with Crippen molar-refractivity contribution in [2.24, 2.45) is 10.7 Å². The van der Waals surface area contributed by atoms with Crippen LogP contribution in [0.2, 0.25) is 0 Å². The monoisotopic (exact) mass is 305 g/mol. The first-order valence-electron chi connectivity index (χ1n) is 6.48. The van der Waals surface area contributed by atoms with Crippen molar-refractivity contribution < 1.29 is 9.84 Å². The zero-order valence-corrected chi connectivity index (χ0v) is 12.9. The van der Waals surface area contributed by atoms with Gasteiger partial charge in [0.05, 0.1) is 13.7 Å². The summed E-state index contributed by atoms with van der Waals surface area (Å²) < 4.78 is 5.14. The summed E-state index contributed by atoms with van der Waals surface area (Å²) in [6.07, 6.45) is 0. The van der Waals surface area contributed by atoms with E-state index in [2.05, 4.69) is 10.3 Å². The molecule has 0 aliphatic heterocycles. The third kappa shape index (κ3) is 4.21. The van der Waals surface area contributed by atoms with Gasteiger partial charge in [0.15, 0.2) is 5.96 Å². The SMILES string of the molecule is COc1cccc(NC(N)=NCC(C)(O)c2cccs2)c1. The van der Waals surface area contributed by atoms with Crippen LogP contribution in [-0.4, -0.2) is 24.7 Å². The van der Waals surface area contributed by atoms with Crippen molar-refractivity contribution in [2.45, 2.75) is 12.5 Å². The van der Waals surface area contributed by atoms with Gasteiger partial charge in [-0.1, -0.05) is 12.1 Å². The van der Waals surface area contributed by atoms with Crippen molar-refractivity contribution in [2.75, 3.05) is 19.0 Å². The van der Waals surface area contributed by atoms with E-state index in [9.17, 15) is 5.11 Å². The lowest BCUT2D eigenvalue weighted by Gasteiger charge is -2.19. The van der Waals surface area contributed by atoms with Gasteiger partial charge >= 0.3 is 0 Å². The zero-order valence-electron chi connectivity index (χ0n) is 12.0. The van der Waals surface area contributed by atoms with Gasteiger partial charge in [-0.3, -0.25) is 0 Å². The van der Waals surface area contributed by atoms with Crippen LogP contribution in [-0.2, 0) is 5.60 Å². The lowest BCUT2D eigenvalue weighted by molar-refractivity contribution is 0.0713. The molecule has 0 saturated heterocycles. The lowest BCUT2D eigenvalue weighted by Crippen LogP contribution is -2.29. The number of hydrogen-bond donors (Lipinski definition) is 3. The van der Waals surface area contributed by atoms with Gasteiger partial charge in [0, 0.05) is 16.6 Å². The summed E-state index contributed by atoms with van der Waals surface area (Å²) in [6, 6.07) is 11.2. The molecule has 0 spiro atoms. The van der Waals surface area contributed by atoms with Gasteiger partial charge in [0.1, 0.15) is 11.4 Å². The number of aliphatic imine (C=N–C) groups is 1. The smallest absolute Gasteiger partial charge is 0.193 e. The van der Waals surface area contributed by atoms with Crippen LogP contribution in [0.5, 0.6) is 5.75 Å². The summed E-state index contributed by atoms with van der Waals surface area (Å²) in [4.78, 5) is 5.06. The van der Waals surface area contributed by atoms with Crippen LogP contribution >= 0.6 is 11.3 Å². The fourth-order valence-corrected chi connectivity index (χ4v) is 2.57. The Hall–Kier alpha value is -2.05. The molecule has 21 heavy (non-hydrogen) atoms. The molecule has 1 atom stereocenters. The van der Waals surface area contributed by atoms with Gasteiger partial charge < -0.3 is 20.9 Å². The van der Waals surface area contributed by atoms with Crippen LogP contribution in [0.15, 0.2) is 46.8 Å². The third-order valence-electron chi connectivity index (χ3n) is 2.95. The second kappa shape index (κ2) is 6.60. The maximum absolute atomic E-state index is 10.4. The highest BCUT2D eigenvalue weighted by atomic mass is 32.1. The molecular formula is C15H19N3O2S. The number of guanidine groups is 1. The van der Waals surface area contributed by atoms with Crippen LogP contribution in [0.1, 0.15) is 11.8 Å². The first-order chi connectivity index (χ1) is 10.0. The van der Waals surface area contributed by atoms with E-state index in [1.54, 1.807) is 14.0 Å². The van der Waals surface area contributed by atoms with E-state index >= 15 is 0 Å². The van der Waals surface area contributed by atoms with Crippen molar-refractivity contribution in [1.82, 2.24) is 0 Å². The quantitative estimate of drug-likeness (QED) is 0.585. The Labute approximate surface area is 128 Å². The predicted molar refractivity (Wildman–Crippen MR) is 87.0 cm³/mol. The highest BCUT2D eigenvalue weighted by Gasteiger charge is 2.23. The molecule has 0 aliphatic carbocycles. The average Bonchev–Trinajstić information content (AvgIpc) is 3.00. The molecule has 5 nitrogen and oxygen atoms in total. The number of nitrogens with zero attached hydrogens (tertiary/aromatic N) is 1. The van der Waals surface area contributed by atoms with Gasteiger partial charge in [0.25, 0.3) is 0 Å². The van der Waals surface area contributed by atoms with E-state index in [4.69, 9.17) is 10.5 Å². The number of methoxy groups -OCH3 is 1. The fraction of sp³-hybridized carbons (Fsp3) is 0.267. The van der Waals surface area contributed by atoms with Crippen molar-refractivity contribution in [3.05, 3.63) is 46.7 Å². The van der Waals surface area contributed by atoms with E-state index < -0.39 is 5.60 Å². The minimum absolute atomic E-state index is 0.191. The van der Waals surface area contributed by atoms with E-state index in [1.165, 1.54) is 11.3 Å². The number of nitrogens with two attached hydrogens (primary N) is 1. The molecule has 4 N–H and O–H groups in total. The number of ether oxygens (including phenoxy) is 1. The van der Waals surface area contributed by atoms with Crippen LogP contribution < -0.4 is 15.8 Å². The Balaban J connectivity index is 2.01. The molecule has 1 aromatic carbocycles.